The van der Waals surface area contributed by atoms with Crippen LogP contribution in [0.25, 0.3) is 0 Å². The summed E-state index contributed by atoms with van der Waals surface area (Å²) in [6.45, 7) is 2.10. The van der Waals surface area contributed by atoms with E-state index < -0.39 is 0 Å². The zero-order valence-corrected chi connectivity index (χ0v) is 5.82. The second-order valence-electron chi connectivity index (χ2n) is 2.21. The van der Waals surface area contributed by atoms with Gasteiger partial charge in [0, 0.05) is 5.88 Å². The first-order valence-electron chi connectivity index (χ1n) is 3.06. The second-order valence-corrected chi connectivity index (χ2v) is 2.59. The fourth-order valence-electron chi connectivity index (χ4n) is 0.811. The van der Waals surface area contributed by atoms with Crippen LogP contribution in [-0.4, -0.2) is 18.1 Å². The Morgan fingerprint density at radius 3 is 2.62 bits per heavy atom. The zero-order chi connectivity index (χ0) is 5.98. The maximum atomic E-state index is 5.47. The third-order valence-electron chi connectivity index (χ3n) is 1.46. The Bertz CT molecular complexity index is 74.9. The molecule has 1 aliphatic heterocycles. The van der Waals surface area contributed by atoms with Crippen molar-refractivity contribution in [2.45, 2.75) is 32.0 Å². The van der Waals surface area contributed by atoms with E-state index >= 15 is 0 Å². The Balaban J connectivity index is 1.89. The van der Waals surface area contributed by atoms with Crippen molar-refractivity contribution in [3.63, 3.8) is 0 Å². The largest absolute Gasteiger partial charge is 0.370 e. The van der Waals surface area contributed by atoms with Gasteiger partial charge in [0.2, 0.25) is 0 Å². The molecular weight excluding hydrogens is 124 g/mol. The Morgan fingerprint density at radius 1 is 1.62 bits per heavy atom. The lowest BCUT2D eigenvalue weighted by atomic mass is 10.2. The summed E-state index contributed by atoms with van der Waals surface area (Å²) in [7, 11) is 0. The fraction of sp³-hybridized carbons (Fsp3) is 1.00. The number of epoxide rings is 1. The molecule has 2 heteroatoms. The van der Waals surface area contributed by atoms with Gasteiger partial charge in [0.25, 0.3) is 0 Å². The Hall–Kier alpha value is 0.250. The quantitative estimate of drug-likeness (QED) is 0.424. The summed E-state index contributed by atoms with van der Waals surface area (Å²) in [5.74, 6) is 0.770. The smallest absolute Gasteiger partial charge is 0.0839 e. The van der Waals surface area contributed by atoms with Crippen molar-refractivity contribution in [3.8, 4) is 0 Å². The van der Waals surface area contributed by atoms with Gasteiger partial charge in [-0.05, 0) is 19.8 Å². The number of ether oxygens (including phenoxy) is 1. The molecule has 0 bridgehead atoms. The van der Waals surface area contributed by atoms with Crippen LogP contribution in [0.2, 0.25) is 0 Å². The molecule has 0 saturated carbocycles. The standard InChI is InChI=1S/C6H11ClO/c1-5-6(8-5)3-2-4-7/h5-6H,2-4H2,1H3/t5-,6+/m1/s1. The molecule has 0 aromatic heterocycles. The molecule has 0 spiro atoms. The summed E-state index contributed by atoms with van der Waals surface area (Å²) in [6, 6.07) is 0. The van der Waals surface area contributed by atoms with Crippen molar-refractivity contribution in [3.05, 3.63) is 0 Å². The van der Waals surface area contributed by atoms with Gasteiger partial charge in [-0.25, -0.2) is 0 Å². The van der Waals surface area contributed by atoms with Gasteiger partial charge < -0.3 is 4.74 Å². The Kier molecular flexibility index (Phi) is 2.15. The maximum absolute atomic E-state index is 5.47. The molecule has 1 aliphatic rings. The van der Waals surface area contributed by atoms with Crippen LogP contribution in [0.15, 0.2) is 0 Å². The van der Waals surface area contributed by atoms with Gasteiger partial charge >= 0.3 is 0 Å². The van der Waals surface area contributed by atoms with Crippen LogP contribution < -0.4 is 0 Å². The van der Waals surface area contributed by atoms with Gasteiger partial charge in [-0.1, -0.05) is 0 Å². The van der Waals surface area contributed by atoms with E-state index in [9.17, 15) is 0 Å². The van der Waals surface area contributed by atoms with Crippen molar-refractivity contribution in [1.82, 2.24) is 0 Å². The van der Waals surface area contributed by atoms with Gasteiger partial charge in [0.05, 0.1) is 12.2 Å². The van der Waals surface area contributed by atoms with Crippen LogP contribution in [0.3, 0.4) is 0 Å². The molecule has 0 aromatic rings. The molecular formula is C6H11ClO. The van der Waals surface area contributed by atoms with E-state index in [1.54, 1.807) is 0 Å². The van der Waals surface area contributed by atoms with Crippen LogP contribution in [-0.2, 0) is 4.74 Å². The topological polar surface area (TPSA) is 12.5 Å². The average molecular weight is 135 g/mol. The molecule has 1 rings (SSSR count). The highest BCUT2D eigenvalue weighted by atomic mass is 35.5. The highest BCUT2D eigenvalue weighted by Gasteiger charge is 2.32. The van der Waals surface area contributed by atoms with Gasteiger partial charge in [0.15, 0.2) is 0 Å². The molecule has 0 N–H and O–H groups in total. The lowest BCUT2D eigenvalue weighted by Crippen LogP contribution is -1.88. The summed E-state index contributed by atoms with van der Waals surface area (Å²) in [5.41, 5.74) is 0. The van der Waals surface area contributed by atoms with Gasteiger partial charge in [-0.2, -0.15) is 0 Å². The second kappa shape index (κ2) is 2.70. The molecule has 0 unspecified atom stereocenters. The summed E-state index contributed by atoms with van der Waals surface area (Å²) in [5, 5.41) is 0. The minimum Gasteiger partial charge on any atom is -0.370 e. The van der Waals surface area contributed by atoms with Gasteiger partial charge in [0.1, 0.15) is 0 Å². The number of hydrogen-bond donors (Lipinski definition) is 0. The molecule has 0 amide bonds. The number of halogens is 1. The van der Waals surface area contributed by atoms with E-state index in [-0.39, 0.29) is 0 Å². The van der Waals surface area contributed by atoms with Crippen LogP contribution in [0, 0.1) is 0 Å². The molecule has 1 heterocycles. The number of rotatable bonds is 3. The highest BCUT2D eigenvalue weighted by Crippen LogP contribution is 2.25. The molecule has 8 heavy (non-hydrogen) atoms. The van der Waals surface area contributed by atoms with Crippen LogP contribution >= 0.6 is 11.6 Å². The monoisotopic (exact) mass is 134 g/mol. The van der Waals surface area contributed by atoms with Crippen molar-refractivity contribution in [2.75, 3.05) is 5.88 Å². The Morgan fingerprint density at radius 2 is 2.25 bits per heavy atom. The van der Waals surface area contributed by atoms with E-state index in [4.69, 9.17) is 16.3 Å². The fourth-order valence-corrected chi connectivity index (χ4v) is 0.966. The van der Waals surface area contributed by atoms with Crippen molar-refractivity contribution >= 4 is 11.6 Å². The third kappa shape index (κ3) is 1.64. The third-order valence-corrected chi connectivity index (χ3v) is 1.73. The molecule has 0 aromatic carbocycles. The molecule has 2 atom stereocenters. The van der Waals surface area contributed by atoms with Crippen molar-refractivity contribution in [2.24, 2.45) is 0 Å². The average Bonchev–Trinajstić information content (AvgIpc) is 2.42. The van der Waals surface area contributed by atoms with E-state index in [2.05, 4.69) is 6.92 Å². The van der Waals surface area contributed by atoms with Gasteiger partial charge in [-0.3, -0.25) is 0 Å². The molecule has 0 radical (unpaired) electrons. The molecule has 1 saturated heterocycles. The zero-order valence-electron chi connectivity index (χ0n) is 5.06. The molecule has 1 nitrogen and oxygen atoms in total. The van der Waals surface area contributed by atoms with E-state index in [1.807, 2.05) is 0 Å². The van der Waals surface area contributed by atoms with Crippen molar-refractivity contribution in [1.29, 1.82) is 0 Å². The molecule has 1 fully saturated rings. The predicted molar refractivity (Wildman–Crippen MR) is 34.3 cm³/mol. The first-order valence-corrected chi connectivity index (χ1v) is 3.59. The molecule has 48 valence electrons. The summed E-state index contributed by atoms with van der Waals surface area (Å²) >= 11 is 5.47. The summed E-state index contributed by atoms with van der Waals surface area (Å²) in [4.78, 5) is 0. The van der Waals surface area contributed by atoms with Gasteiger partial charge in [-0.15, -0.1) is 11.6 Å². The lowest BCUT2D eigenvalue weighted by Gasteiger charge is -1.86. The minimum absolute atomic E-state index is 0.512. The Labute approximate surface area is 55.0 Å². The SMILES string of the molecule is C[C@H]1O[C@H]1CCCCl. The van der Waals surface area contributed by atoms with E-state index in [1.165, 1.54) is 0 Å². The van der Waals surface area contributed by atoms with Crippen molar-refractivity contribution < 1.29 is 4.74 Å². The number of hydrogen-bond acceptors (Lipinski definition) is 1. The van der Waals surface area contributed by atoms with Crippen LogP contribution in [0.5, 0.6) is 0 Å². The van der Waals surface area contributed by atoms with Crippen LogP contribution in [0.1, 0.15) is 19.8 Å². The van der Waals surface area contributed by atoms with Crippen LogP contribution in [0.4, 0.5) is 0 Å². The molecule has 0 aliphatic carbocycles. The predicted octanol–water partition coefficient (Wildman–Crippen LogP) is 1.79. The first kappa shape index (κ1) is 6.37. The summed E-state index contributed by atoms with van der Waals surface area (Å²) < 4.78 is 5.16. The summed E-state index contributed by atoms with van der Waals surface area (Å²) in [6.07, 6.45) is 3.29. The maximum Gasteiger partial charge on any atom is 0.0839 e. The van der Waals surface area contributed by atoms with E-state index in [0.717, 1.165) is 18.7 Å². The van der Waals surface area contributed by atoms with E-state index in [0.29, 0.717) is 12.2 Å². The minimum atomic E-state index is 0.512. The number of alkyl halides is 1. The highest BCUT2D eigenvalue weighted by molar-refractivity contribution is 6.17. The normalized spacial score (nSPS) is 35.2. The lowest BCUT2D eigenvalue weighted by molar-refractivity contribution is 0.369. The first-order chi connectivity index (χ1) is 3.84.